The zero-order chi connectivity index (χ0) is 13.5. The topological polar surface area (TPSA) is 25.2 Å². The highest BCUT2D eigenvalue weighted by Gasteiger charge is 2.20. The van der Waals surface area contributed by atoms with Gasteiger partial charge in [-0.15, -0.1) is 0 Å². The van der Waals surface area contributed by atoms with E-state index < -0.39 is 0 Å². The fourth-order valence-corrected chi connectivity index (χ4v) is 2.65. The number of rotatable bonds is 3. The molecule has 1 N–H and O–H groups in total. The van der Waals surface area contributed by atoms with Gasteiger partial charge < -0.3 is 9.67 Å². The van der Waals surface area contributed by atoms with Crippen LogP contribution >= 0.6 is 0 Å². The molecule has 0 saturated carbocycles. The molecule has 0 spiro atoms. The molecule has 0 atom stereocenters. The van der Waals surface area contributed by atoms with Crippen molar-refractivity contribution in [2.75, 3.05) is 6.61 Å². The number of fused-ring (bicyclic) bond motifs is 3. The Kier molecular flexibility index (Phi) is 2.83. The van der Waals surface area contributed by atoms with E-state index in [1.807, 2.05) is 0 Å². The summed E-state index contributed by atoms with van der Waals surface area (Å²) in [6.45, 7) is 5.19. The molecular weight excluding hydrogens is 234 g/mol. The van der Waals surface area contributed by atoms with Crippen LogP contribution in [0, 0.1) is 5.41 Å². The molecule has 0 aliphatic carbocycles. The van der Waals surface area contributed by atoms with Gasteiger partial charge in [0.2, 0.25) is 0 Å². The maximum Gasteiger partial charge on any atom is 0.0499 e. The van der Waals surface area contributed by atoms with E-state index in [0.29, 0.717) is 0 Å². The zero-order valence-electron chi connectivity index (χ0n) is 11.4. The van der Waals surface area contributed by atoms with Crippen LogP contribution < -0.4 is 0 Å². The Morgan fingerprint density at radius 2 is 1.37 bits per heavy atom. The lowest BCUT2D eigenvalue weighted by molar-refractivity contribution is 0.143. The molecule has 0 saturated heterocycles. The van der Waals surface area contributed by atoms with Crippen molar-refractivity contribution in [1.29, 1.82) is 0 Å². The Balaban J connectivity index is 2.31. The van der Waals surface area contributed by atoms with Crippen LogP contribution in [0.25, 0.3) is 21.8 Å². The summed E-state index contributed by atoms with van der Waals surface area (Å²) < 4.78 is 2.32. The summed E-state index contributed by atoms with van der Waals surface area (Å²) in [6.07, 6.45) is 0. The lowest BCUT2D eigenvalue weighted by Gasteiger charge is -2.23. The molecule has 2 nitrogen and oxygen atoms in total. The average Bonchev–Trinajstić information content (AvgIpc) is 2.74. The van der Waals surface area contributed by atoms with Gasteiger partial charge in [0.1, 0.15) is 0 Å². The smallest absolute Gasteiger partial charge is 0.0499 e. The summed E-state index contributed by atoms with van der Waals surface area (Å²) in [6, 6.07) is 17.0. The number of nitrogens with zero attached hydrogens (tertiary/aromatic N) is 1. The Morgan fingerprint density at radius 1 is 0.895 bits per heavy atom. The van der Waals surface area contributed by atoms with E-state index in [9.17, 15) is 5.11 Å². The molecule has 2 aromatic carbocycles. The predicted molar refractivity (Wildman–Crippen MR) is 80.3 cm³/mol. The van der Waals surface area contributed by atoms with Crippen molar-refractivity contribution >= 4 is 21.8 Å². The van der Waals surface area contributed by atoms with Crippen LogP contribution in [0.5, 0.6) is 0 Å². The van der Waals surface area contributed by atoms with Crippen molar-refractivity contribution in [1.82, 2.24) is 4.57 Å². The van der Waals surface area contributed by atoms with Crippen molar-refractivity contribution in [3.63, 3.8) is 0 Å². The highest BCUT2D eigenvalue weighted by molar-refractivity contribution is 6.07. The van der Waals surface area contributed by atoms with Gasteiger partial charge in [-0.25, -0.2) is 0 Å². The lowest BCUT2D eigenvalue weighted by Crippen LogP contribution is -2.23. The van der Waals surface area contributed by atoms with Crippen LogP contribution in [-0.4, -0.2) is 16.3 Å². The van der Waals surface area contributed by atoms with E-state index >= 15 is 0 Å². The Bertz CT molecular complexity index is 671. The van der Waals surface area contributed by atoms with Gasteiger partial charge in [-0.3, -0.25) is 0 Å². The molecule has 1 aromatic heterocycles. The van der Waals surface area contributed by atoms with Gasteiger partial charge in [-0.1, -0.05) is 50.2 Å². The van der Waals surface area contributed by atoms with Gasteiger partial charge in [-0.2, -0.15) is 0 Å². The third kappa shape index (κ3) is 2.02. The number of aliphatic hydroxyl groups is 1. The SMILES string of the molecule is CC(C)(CO)Cn1c2ccccc2c2ccccc21. The fraction of sp³-hybridized carbons (Fsp3) is 0.294. The molecule has 0 aliphatic heterocycles. The third-order valence-electron chi connectivity index (χ3n) is 3.69. The molecule has 0 radical (unpaired) electrons. The standard InChI is InChI=1S/C17H19NO/c1-17(2,12-19)11-18-15-9-5-3-7-13(15)14-8-4-6-10-16(14)18/h3-10,19H,11-12H2,1-2H3. The monoisotopic (exact) mass is 253 g/mol. The molecule has 3 aromatic rings. The van der Waals surface area contributed by atoms with Crippen LogP contribution in [0.2, 0.25) is 0 Å². The van der Waals surface area contributed by atoms with Gasteiger partial charge in [-0.05, 0) is 12.1 Å². The van der Waals surface area contributed by atoms with Crippen LogP contribution in [-0.2, 0) is 6.54 Å². The predicted octanol–water partition coefficient (Wildman–Crippen LogP) is 3.81. The number of aliphatic hydroxyl groups excluding tert-OH is 1. The number of hydrogen-bond donors (Lipinski definition) is 1. The van der Waals surface area contributed by atoms with Gasteiger partial charge in [0, 0.05) is 40.4 Å². The first-order chi connectivity index (χ1) is 9.12. The maximum absolute atomic E-state index is 9.52. The first kappa shape index (κ1) is 12.2. The Hall–Kier alpha value is -1.80. The summed E-state index contributed by atoms with van der Waals surface area (Å²) in [5.74, 6) is 0. The molecule has 19 heavy (non-hydrogen) atoms. The van der Waals surface area contributed by atoms with Crippen LogP contribution in [0.4, 0.5) is 0 Å². The molecule has 98 valence electrons. The second kappa shape index (κ2) is 4.39. The van der Waals surface area contributed by atoms with E-state index in [0.717, 1.165) is 6.54 Å². The van der Waals surface area contributed by atoms with Crippen LogP contribution in [0.15, 0.2) is 48.5 Å². The Labute approximate surface area is 113 Å². The number of hydrogen-bond acceptors (Lipinski definition) is 1. The highest BCUT2D eigenvalue weighted by Crippen LogP contribution is 2.31. The highest BCUT2D eigenvalue weighted by atomic mass is 16.3. The second-order valence-electron chi connectivity index (χ2n) is 5.94. The normalized spacial score (nSPS) is 12.4. The van der Waals surface area contributed by atoms with Gasteiger partial charge in [0.05, 0.1) is 0 Å². The molecular formula is C17H19NO. The van der Waals surface area contributed by atoms with Crippen molar-refractivity contribution < 1.29 is 5.11 Å². The summed E-state index contributed by atoms with van der Waals surface area (Å²) >= 11 is 0. The first-order valence-corrected chi connectivity index (χ1v) is 6.69. The first-order valence-electron chi connectivity index (χ1n) is 6.69. The fourth-order valence-electron chi connectivity index (χ4n) is 2.65. The van der Waals surface area contributed by atoms with Crippen LogP contribution in [0.1, 0.15) is 13.8 Å². The van der Waals surface area contributed by atoms with Gasteiger partial charge in [0.15, 0.2) is 0 Å². The molecule has 0 bridgehead atoms. The second-order valence-corrected chi connectivity index (χ2v) is 5.94. The van der Waals surface area contributed by atoms with Crippen LogP contribution in [0.3, 0.4) is 0 Å². The third-order valence-corrected chi connectivity index (χ3v) is 3.69. The van der Waals surface area contributed by atoms with Gasteiger partial charge in [0.25, 0.3) is 0 Å². The summed E-state index contributed by atoms with van der Waals surface area (Å²) in [7, 11) is 0. The summed E-state index contributed by atoms with van der Waals surface area (Å²) in [4.78, 5) is 0. The summed E-state index contributed by atoms with van der Waals surface area (Å²) in [5, 5.41) is 12.1. The van der Waals surface area contributed by atoms with Crippen molar-refractivity contribution in [2.24, 2.45) is 5.41 Å². The molecule has 3 rings (SSSR count). The molecule has 2 heteroatoms. The number of benzene rings is 2. The Morgan fingerprint density at radius 3 is 1.84 bits per heavy atom. The van der Waals surface area contributed by atoms with E-state index in [4.69, 9.17) is 0 Å². The quantitative estimate of drug-likeness (QED) is 0.754. The lowest BCUT2D eigenvalue weighted by atomic mass is 9.95. The number of aromatic nitrogens is 1. The minimum absolute atomic E-state index is 0.120. The van der Waals surface area contributed by atoms with Crippen molar-refractivity contribution in [3.8, 4) is 0 Å². The minimum atomic E-state index is -0.120. The van der Waals surface area contributed by atoms with E-state index in [1.165, 1.54) is 21.8 Å². The zero-order valence-corrected chi connectivity index (χ0v) is 11.4. The van der Waals surface area contributed by atoms with E-state index in [-0.39, 0.29) is 12.0 Å². The molecule has 0 amide bonds. The van der Waals surface area contributed by atoms with Gasteiger partial charge >= 0.3 is 0 Å². The van der Waals surface area contributed by atoms with E-state index in [2.05, 4.69) is 66.9 Å². The molecule has 1 heterocycles. The molecule has 0 unspecified atom stereocenters. The van der Waals surface area contributed by atoms with Crippen molar-refractivity contribution in [3.05, 3.63) is 48.5 Å². The maximum atomic E-state index is 9.52. The molecule has 0 fully saturated rings. The van der Waals surface area contributed by atoms with Crippen molar-refractivity contribution in [2.45, 2.75) is 20.4 Å². The molecule has 0 aliphatic rings. The number of para-hydroxylation sites is 2. The van der Waals surface area contributed by atoms with E-state index in [1.54, 1.807) is 0 Å². The average molecular weight is 253 g/mol. The minimum Gasteiger partial charge on any atom is -0.396 e. The largest absolute Gasteiger partial charge is 0.396 e. The summed E-state index contributed by atoms with van der Waals surface area (Å²) in [5.41, 5.74) is 2.36.